The second kappa shape index (κ2) is 5.03. The summed E-state index contributed by atoms with van der Waals surface area (Å²) in [4.78, 5) is 0. The van der Waals surface area contributed by atoms with Gasteiger partial charge in [0.2, 0.25) is 0 Å². The van der Waals surface area contributed by atoms with Gasteiger partial charge in [-0.25, -0.2) is 0 Å². The van der Waals surface area contributed by atoms with Gasteiger partial charge in [-0.1, -0.05) is 49.2 Å². The maximum atomic E-state index is 10.9. The average molecular weight is 287 g/mol. The lowest BCUT2D eigenvalue weighted by Crippen LogP contribution is -2.25. The number of hydrogen-bond acceptors (Lipinski definition) is 1. The Morgan fingerprint density at radius 1 is 1.06 bits per heavy atom. The first-order valence-corrected chi connectivity index (χ1v) is 7.27. The largest absolute Gasteiger partial charge is 0.385 e. The average Bonchev–Trinajstić information content (AvgIpc) is 2.43. The number of hydrogen-bond donors (Lipinski definition) is 1. The first-order valence-electron chi connectivity index (χ1n) is 6.51. The van der Waals surface area contributed by atoms with Gasteiger partial charge in [-0.05, 0) is 43.6 Å². The molecular weight excluding hydrogens is 267 g/mol. The Bertz CT molecular complexity index is 442. The second-order valence-electron chi connectivity index (χ2n) is 6.15. The molecule has 0 radical (unpaired) electrons. The van der Waals surface area contributed by atoms with Gasteiger partial charge < -0.3 is 5.11 Å². The van der Waals surface area contributed by atoms with Crippen LogP contribution < -0.4 is 0 Å². The van der Waals surface area contributed by atoms with Crippen LogP contribution in [0.1, 0.15) is 51.5 Å². The van der Waals surface area contributed by atoms with Crippen LogP contribution in [0, 0.1) is 5.41 Å². The minimum absolute atomic E-state index is 0.301. The smallest absolute Gasteiger partial charge is 0.0911 e. The van der Waals surface area contributed by atoms with Gasteiger partial charge >= 0.3 is 0 Å². The lowest BCUT2D eigenvalue weighted by atomic mass is 9.82. The predicted molar refractivity (Wildman–Crippen MR) is 77.2 cm³/mol. The fourth-order valence-electron chi connectivity index (χ4n) is 2.79. The molecule has 0 spiro atoms. The zero-order chi connectivity index (χ0) is 13.4. The maximum Gasteiger partial charge on any atom is 0.0911 e. The fourth-order valence-corrected chi connectivity index (χ4v) is 3.26. The molecule has 0 saturated heterocycles. The summed E-state index contributed by atoms with van der Waals surface area (Å²) in [5, 5.41) is 11.9. The Morgan fingerprint density at radius 3 is 2.50 bits per heavy atom. The Morgan fingerprint density at radius 2 is 1.78 bits per heavy atom. The third-order valence-electron chi connectivity index (χ3n) is 4.11. The zero-order valence-corrected chi connectivity index (χ0v) is 12.5. The van der Waals surface area contributed by atoms with Crippen LogP contribution in [-0.4, -0.2) is 5.11 Å². The van der Waals surface area contributed by atoms with Crippen LogP contribution in [0.2, 0.25) is 10.0 Å². The van der Waals surface area contributed by atoms with E-state index >= 15 is 0 Å². The van der Waals surface area contributed by atoms with E-state index in [0.717, 1.165) is 37.7 Å². The standard InChI is InChI=1S/C15H20Cl2O/c1-14(2)7-4-8-15(18,10-9-14)11-5-3-6-12(16)13(11)17/h3,5-6,18H,4,7-10H2,1-2H3. The molecule has 0 aromatic heterocycles. The van der Waals surface area contributed by atoms with Gasteiger partial charge in [-0.2, -0.15) is 0 Å². The number of aliphatic hydroxyl groups is 1. The van der Waals surface area contributed by atoms with E-state index in [0.29, 0.717) is 15.5 Å². The van der Waals surface area contributed by atoms with Gasteiger partial charge in [-0.3, -0.25) is 0 Å². The summed E-state index contributed by atoms with van der Waals surface area (Å²) in [6.45, 7) is 4.52. The van der Waals surface area contributed by atoms with Crippen molar-refractivity contribution in [1.82, 2.24) is 0 Å². The summed E-state index contributed by atoms with van der Waals surface area (Å²) in [7, 11) is 0. The summed E-state index contributed by atoms with van der Waals surface area (Å²) < 4.78 is 0. The third kappa shape index (κ3) is 2.84. The molecule has 1 atom stereocenters. The van der Waals surface area contributed by atoms with Crippen molar-refractivity contribution in [3.63, 3.8) is 0 Å². The third-order valence-corrected chi connectivity index (χ3v) is 4.93. The van der Waals surface area contributed by atoms with Crippen molar-refractivity contribution in [1.29, 1.82) is 0 Å². The number of benzene rings is 1. The van der Waals surface area contributed by atoms with Crippen molar-refractivity contribution >= 4 is 23.2 Å². The van der Waals surface area contributed by atoms with Crippen molar-refractivity contribution in [2.24, 2.45) is 5.41 Å². The van der Waals surface area contributed by atoms with Gasteiger partial charge in [0.15, 0.2) is 0 Å². The number of rotatable bonds is 1. The lowest BCUT2D eigenvalue weighted by molar-refractivity contribution is 0.0181. The van der Waals surface area contributed by atoms with Gasteiger partial charge in [-0.15, -0.1) is 0 Å². The Kier molecular flexibility index (Phi) is 3.96. The van der Waals surface area contributed by atoms with Crippen LogP contribution in [0.3, 0.4) is 0 Å². The minimum Gasteiger partial charge on any atom is -0.385 e. The van der Waals surface area contributed by atoms with Crippen LogP contribution in [-0.2, 0) is 5.60 Å². The van der Waals surface area contributed by atoms with E-state index in [1.807, 2.05) is 12.1 Å². The fraction of sp³-hybridized carbons (Fsp3) is 0.600. The molecule has 1 saturated carbocycles. The van der Waals surface area contributed by atoms with Crippen LogP contribution >= 0.6 is 23.2 Å². The van der Waals surface area contributed by atoms with Gasteiger partial charge in [0.05, 0.1) is 15.6 Å². The topological polar surface area (TPSA) is 20.2 Å². The molecule has 0 amide bonds. The van der Waals surface area contributed by atoms with Crippen molar-refractivity contribution in [3.05, 3.63) is 33.8 Å². The first-order chi connectivity index (χ1) is 8.34. The van der Waals surface area contributed by atoms with E-state index in [2.05, 4.69) is 13.8 Å². The molecular formula is C15H20Cl2O. The molecule has 1 aromatic carbocycles. The quantitative estimate of drug-likeness (QED) is 0.706. The van der Waals surface area contributed by atoms with E-state index in [9.17, 15) is 5.11 Å². The zero-order valence-electron chi connectivity index (χ0n) is 11.0. The molecule has 100 valence electrons. The summed E-state index contributed by atoms with van der Waals surface area (Å²) in [6.07, 6.45) is 4.68. The summed E-state index contributed by atoms with van der Waals surface area (Å²) >= 11 is 12.3. The molecule has 1 aromatic rings. The minimum atomic E-state index is -0.824. The molecule has 18 heavy (non-hydrogen) atoms. The summed E-state index contributed by atoms with van der Waals surface area (Å²) in [5.74, 6) is 0. The highest BCUT2D eigenvalue weighted by molar-refractivity contribution is 6.42. The predicted octanol–water partition coefficient (Wildman–Crippen LogP) is 5.17. The van der Waals surface area contributed by atoms with Crippen LogP contribution in [0.15, 0.2) is 18.2 Å². The second-order valence-corrected chi connectivity index (χ2v) is 6.94. The van der Waals surface area contributed by atoms with Crippen LogP contribution in [0.25, 0.3) is 0 Å². The SMILES string of the molecule is CC1(C)CCCC(O)(c2cccc(Cl)c2Cl)CC1. The normalized spacial score (nSPS) is 27.8. The van der Waals surface area contributed by atoms with Gasteiger partial charge in [0.25, 0.3) is 0 Å². The van der Waals surface area contributed by atoms with Crippen molar-refractivity contribution in [2.45, 2.75) is 51.6 Å². The molecule has 1 aliphatic carbocycles. The highest BCUT2D eigenvalue weighted by Gasteiger charge is 2.36. The molecule has 0 bridgehead atoms. The molecule has 1 aliphatic rings. The van der Waals surface area contributed by atoms with Crippen molar-refractivity contribution in [3.8, 4) is 0 Å². The van der Waals surface area contributed by atoms with E-state index in [1.54, 1.807) is 6.07 Å². The molecule has 3 heteroatoms. The monoisotopic (exact) mass is 286 g/mol. The Labute approximate surface area is 119 Å². The van der Waals surface area contributed by atoms with Crippen molar-refractivity contribution in [2.75, 3.05) is 0 Å². The van der Waals surface area contributed by atoms with E-state index in [4.69, 9.17) is 23.2 Å². The molecule has 1 N–H and O–H groups in total. The van der Waals surface area contributed by atoms with Crippen LogP contribution in [0.5, 0.6) is 0 Å². The van der Waals surface area contributed by atoms with Crippen LogP contribution in [0.4, 0.5) is 0 Å². The van der Waals surface area contributed by atoms with E-state index in [1.165, 1.54) is 0 Å². The van der Waals surface area contributed by atoms with E-state index < -0.39 is 5.60 Å². The molecule has 0 heterocycles. The van der Waals surface area contributed by atoms with E-state index in [-0.39, 0.29) is 0 Å². The van der Waals surface area contributed by atoms with Gasteiger partial charge in [0.1, 0.15) is 0 Å². The molecule has 1 nitrogen and oxygen atoms in total. The summed E-state index contributed by atoms with van der Waals surface area (Å²) in [5.41, 5.74) is 0.264. The van der Waals surface area contributed by atoms with Crippen molar-refractivity contribution < 1.29 is 5.11 Å². The molecule has 0 aliphatic heterocycles. The number of halogens is 2. The lowest BCUT2D eigenvalue weighted by Gasteiger charge is -2.29. The maximum absolute atomic E-state index is 10.9. The highest BCUT2D eigenvalue weighted by atomic mass is 35.5. The summed E-state index contributed by atoms with van der Waals surface area (Å²) in [6, 6.07) is 5.52. The Hall–Kier alpha value is -0.240. The highest BCUT2D eigenvalue weighted by Crippen LogP contribution is 2.45. The molecule has 2 rings (SSSR count). The Balaban J connectivity index is 2.33. The first kappa shape index (κ1) is 14.2. The molecule has 1 fully saturated rings. The van der Waals surface area contributed by atoms with Gasteiger partial charge in [0, 0.05) is 5.56 Å². The molecule has 1 unspecified atom stereocenters.